The van der Waals surface area contributed by atoms with Crippen LogP contribution >= 0.6 is 35.4 Å². The number of thiocarbonyl (C=S) groups is 1. The number of carbonyl (C=O) groups is 1. The Morgan fingerprint density at radius 2 is 1.75 bits per heavy atom. The maximum absolute atomic E-state index is 11.9. The van der Waals surface area contributed by atoms with E-state index in [0.717, 1.165) is 11.3 Å². The summed E-state index contributed by atoms with van der Waals surface area (Å²) in [5.41, 5.74) is 1.46. The third-order valence-electron chi connectivity index (χ3n) is 2.90. The van der Waals surface area contributed by atoms with Gasteiger partial charge in [0, 0.05) is 21.8 Å². The molecule has 0 spiro atoms. The van der Waals surface area contributed by atoms with Crippen molar-refractivity contribution in [2.45, 2.75) is 0 Å². The first-order valence-electron chi connectivity index (χ1n) is 6.86. The fraction of sp³-hybridized carbons (Fsp3) is 0.0588. The van der Waals surface area contributed by atoms with Gasteiger partial charge in [-0.2, -0.15) is 0 Å². The highest BCUT2D eigenvalue weighted by atomic mass is 35.5. The summed E-state index contributed by atoms with van der Waals surface area (Å²) in [6, 6.07) is 12.2. The minimum absolute atomic E-state index is 0.151. The molecule has 0 radical (unpaired) electrons. The topological polar surface area (TPSA) is 50.4 Å². The minimum Gasteiger partial charge on any atom is -0.497 e. The molecule has 0 heterocycles. The first-order valence-corrected chi connectivity index (χ1v) is 8.03. The van der Waals surface area contributed by atoms with Gasteiger partial charge in [-0.15, -0.1) is 0 Å². The molecule has 0 aliphatic rings. The van der Waals surface area contributed by atoms with E-state index in [1.807, 2.05) is 24.3 Å². The number of amides is 1. The van der Waals surface area contributed by atoms with Crippen LogP contribution in [-0.2, 0) is 4.79 Å². The Hall–Kier alpha value is -2.08. The van der Waals surface area contributed by atoms with Crippen molar-refractivity contribution in [1.82, 2.24) is 5.32 Å². The van der Waals surface area contributed by atoms with Crippen LogP contribution in [0.2, 0.25) is 10.0 Å². The molecule has 0 aliphatic carbocycles. The van der Waals surface area contributed by atoms with Crippen molar-refractivity contribution >= 4 is 58.2 Å². The lowest BCUT2D eigenvalue weighted by Gasteiger charge is -2.09. The molecule has 7 heteroatoms. The zero-order chi connectivity index (χ0) is 17.5. The van der Waals surface area contributed by atoms with Crippen molar-refractivity contribution in [1.29, 1.82) is 0 Å². The summed E-state index contributed by atoms with van der Waals surface area (Å²) in [4.78, 5) is 11.9. The van der Waals surface area contributed by atoms with Gasteiger partial charge in [-0.1, -0.05) is 35.3 Å². The van der Waals surface area contributed by atoms with Crippen molar-refractivity contribution in [3.8, 4) is 5.75 Å². The van der Waals surface area contributed by atoms with E-state index in [1.54, 1.807) is 31.4 Å². The van der Waals surface area contributed by atoms with Crippen LogP contribution in [0.15, 0.2) is 48.5 Å². The van der Waals surface area contributed by atoms with Crippen LogP contribution in [-0.4, -0.2) is 18.1 Å². The average molecular weight is 381 g/mol. The molecule has 0 bridgehead atoms. The van der Waals surface area contributed by atoms with E-state index in [4.69, 9.17) is 40.2 Å². The second-order valence-corrected chi connectivity index (χ2v) is 5.99. The maximum atomic E-state index is 11.9. The predicted molar refractivity (Wildman–Crippen MR) is 103 cm³/mol. The largest absolute Gasteiger partial charge is 0.497 e. The number of ether oxygens (including phenoxy) is 1. The molecule has 4 nitrogen and oxygen atoms in total. The highest BCUT2D eigenvalue weighted by molar-refractivity contribution is 7.80. The Kier molecular flexibility index (Phi) is 6.61. The Morgan fingerprint density at radius 3 is 2.33 bits per heavy atom. The lowest BCUT2D eigenvalue weighted by molar-refractivity contribution is -0.115. The molecule has 2 N–H and O–H groups in total. The molecule has 0 saturated carbocycles. The van der Waals surface area contributed by atoms with Crippen LogP contribution in [0, 0.1) is 0 Å². The van der Waals surface area contributed by atoms with Gasteiger partial charge >= 0.3 is 0 Å². The summed E-state index contributed by atoms with van der Waals surface area (Å²) in [6.45, 7) is 0. The van der Waals surface area contributed by atoms with Crippen molar-refractivity contribution < 1.29 is 9.53 Å². The number of hydrogen-bond acceptors (Lipinski definition) is 3. The maximum Gasteiger partial charge on any atom is 0.250 e. The molecule has 0 atom stereocenters. The Bertz CT molecular complexity index is 756. The van der Waals surface area contributed by atoms with Crippen LogP contribution < -0.4 is 15.4 Å². The zero-order valence-electron chi connectivity index (χ0n) is 12.7. The molecule has 2 aromatic rings. The summed E-state index contributed by atoms with van der Waals surface area (Å²) in [7, 11) is 1.60. The van der Waals surface area contributed by atoms with Gasteiger partial charge in [-0.3, -0.25) is 10.1 Å². The lowest BCUT2D eigenvalue weighted by Crippen LogP contribution is -2.32. The third kappa shape index (κ3) is 5.85. The quantitative estimate of drug-likeness (QED) is 0.604. The highest BCUT2D eigenvalue weighted by Gasteiger charge is 2.03. The van der Waals surface area contributed by atoms with Crippen LogP contribution in [0.5, 0.6) is 5.75 Å². The molecule has 0 aliphatic heterocycles. The van der Waals surface area contributed by atoms with Crippen LogP contribution in [0.3, 0.4) is 0 Å². The second kappa shape index (κ2) is 8.68. The van der Waals surface area contributed by atoms with Gasteiger partial charge in [-0.25, -0.2) is 0 Å². The molecular formula is C17H14Cl2N2O2S. The Labute approximate surface area is 155 Å². The fourth-order valence-corrected chi connectivity index (χ4v) is 2.57. The van der Waals surface area contributed by atoms with E-state index < -0.39 is 0 Å². The van der Waals surface area contributed by atoms with Gasteiger partial charge in [0.05, 0.1) is 7.11 Å². The molecule has 0 saturated heterocycles. The summed E-state index contributed by atoms with van der Waals surface area (Å²) >= 11 is 16.9. The number of halogens is 2. The molecular weight excluding hydrogens is 367 g/mol. The molecule has 124 valence electrons. The first-order chi connectivity index (χ1) is 11.5. The second-order valence-electron chi connectivity index (χ2n) is 4.71. The molecule has 0 fully saturated rings. The van der Waals surface area contributed by atoms with Crippen molar-refractivity contribution in [3.05, 3.63) is 64.1 Å². The first kappa shape index (κ1) is 18.3. The van der Waals surface area contributed by atoms with E-state index in [0.29, 0.717) is 15.7 Å². The molecule has 2 aromatic carbocycles. The third-order valence-corrected chi connectivity index (χ3v) is 3.54. The average Bonchev–Trinajstić information content (AvgIpc) is 2.52. The molecule has 0 aromatic heterocycles. The molecule has 24 heavy (non-hydrogen) atoms. The number of anilines is 1. The van der Waals surface area contributed by atoms with Gasteiger partial charge in [0.2, 0.25) is 5.91 Å². The van der Waals surface area contributed by atoms with Gasteiger partial charge in [0.1, 0.15) is 5.75 Å². The number of hydrogen-bond donors (Lipinski definition) is 2. The summed E-state index contributed by atoms with van der Waals surface area (Å²) in [5.74, 6) is 0.401. The normalized spacial score (nSPS) is 10.5. The van der Waals surface area contributed by atoms with Gasteiger partial charge in [-0.05, 0) is 54.2 Å². The molecule has 0 unspecified atom stereocenters. The smallest absolute Gasteiger partial charge is 0.250 e. The Morgan fingerprint density at radius 1 is 1.12 bits per heavy atom. The number of benzene rings is 2. The molecule has 1 amide bonds. The Balaban J connectivity index is 1.90. The fourth-order valence-electron chi connectivity index (χ4n) is 1.83. The van der Waals surface area contributed by atoms with Crippen LogP contribution in [0.1, 0.15) is 5.56 Å². The van der Waals surface area contributed by atoms with E-state index in [1.165, 1.54) is 6.08 Å². The molecule has 2 rings (SSSR count). The summed E-state index contributed by atoms with van der Waals surface area (Å²) in [6.07, 6.45) is 3.06. The lowest BCUT2D eigenvalue weighted by atomic mass is 10.2. The van der Waals surface area contributed by atoms with Crippen molar-refractivity contribution in [3.63, 3.8) is 0 Å². The van der Waals surface area contributed by atoms with Crippen molar-refractivity contribution in [2.75, 3.05) is 12.4 Å². The van der Waals surface area contributed by atoms with Crippen LogP contribution in [0.25, 0.3) is 6.08 Å². The monoisotopic (exact) mass is 380 g/mol. The number of methoxy groups -OCH3 is 1. The summed E-state index contributed by atoms with van der Waals surface area (Å²) in [5, 5.41) is 6.48. The van der Waals surface area contributed by atoms with Gasteiger partial charge in [0.15, 0.2) is 5.11 Å². The van der Waals surface area contributed by atoms with Crippen molar-refractivity contribution in [2.24, 2.45) is 0 Å². The highest BCUT2D eigenvalue weighted by Crippen LogP contribution is 2.22. The predicted octanol–water partition coefficient (Wildman–Crippen LogP) is 4.53. The zero-order valence-corrected chi connectivity index (χ0v) is 15.0. The SMILES string of the molecule is COc1ccc(/C=C/C(=O)NC(=S)Nc2cc(Cl)cc(Cl)c2)cc1. The number of carbonyl (C=O) groups excluding carboxylic acids is 1. The number of nitrogens with one attached hydrogen (secondary N) is 2. The van der Waals surface area contributed by atoms with E-state index in [9.17, 15) is 4.79 Å². The standard InChI is InChI=1S/C17H14Cl2N2O2S/c1-23-15-5-2-11(3-6-15)4-7-16(22)21-17(24)20-14-9-12(18)8-13(19)10-14/h2-10H,1H3,(H2,20,21,22,24)/b7-4+. The van der Waals surface area contributed by atoms with E-state index in [-0.39, 0.29) is 11.0 Å². The summed E-state index contributed by atoms with van der Waals surface area (Å²) < 4.78 is 5.07. The number of rotatable bonds is 4. The van der Waals surface area contributed by atoms with E-state index in [2.05, 4.69) is 10.6 Å². The minimum atomic E-state index is -0.351. The van der Waals surface area contributed by atoms with Gasteiger partial charge < -0.3 is 10.1 Å². The van der Waals surface area contributed by atoms with Crippen LogP contribution in [0.4, 0.5) is 5.69 Å². The van der Waals surface area contributed by atoms with E-state index >= 15 is 0 Å². The van der Waals surface area contributed by atoms with Gasteiger partial charge in [0.25, 0.3) is 0 Å².